The van der Waals surface area contributed by atoms with E-state index in [9.17, 15) is 4.79 Å². The predicted molar refractivity (Wildman–Crippen MR) is 71.7 cm³/mol. The molecule has 1 heterocycles. The summed E-state index contributed by atoms with van der Waals surface area (Å²) in [5.41, 5.74) is 2.42. The maximum atomic E-state index is 10.9. The molecule has 1 aromatic heterocycles. The lowest BCUT2D eigenvalue weighted by Gasteiger charge is -2.17. The highest BCUT2D eigenvalue weighted by Crippen LogP contribution is 2.22. The number of carboxylic acids is 1. The van der Waals surface area contributed by atoms with Gasteiger partial charge in [-0.1, -0.05) is 0 Å². The van der Waals surface area contributed by atoms with Crippen molar-refractivity contribution in [1.29, 1.82) is 5.26 Å². The molecule has 1 rings (SSSR count). The van der Waals surface area contributed by atoms with Crippen LogP contribution in [0.4, 0.5) is 0 Å². The van der Waals surface area contributed by atoms with Crippen molar-refractivity contribution in [1.82, 2.24) is 4.57 Å². The summed E-state index contributed by atoms with van der Waals surface area (Å²) in [5, 5.41) is 17.7. The number of aromatic nitrogens is 1. The third-order valence-electron chi connectivity index (χ3n) is 3.02. The summed E-state index contributed by atoms with van der Waals surface area (Å²) in [6, 6.07) is 3.72. The van der Waals surface area contributed by atoms with Crippen LogP contribution in [0.2, 0.25) is 0 Å². The second-order valence-electron chi connectivity index (χ2n) is 4.48. The fourth-order valence-electron chi connectivity index (χ4n) is 2.24. The summed E-state index contributed by atoms with van der Waals surface area (Å²) in [7, 11) is 1.64. The Morgan fingerprint density at radius 1 is 1.63 bits per heavy atom. The summed E-state index contributed by atoms with van der Waals surface area (Å²) < 4.78 is 7.21. The topological polar surface area (TPSA) is 75.2 Å². The molecule has 0 radical (unpaired) electrons. The molecule has 5 heteroatoms. The SMILES string of the molecule is COC[C@@H](C)n1c(C)cc(/C=C(/C#N)C(=O)O)c1C. The molecule has 19 heavy (non-hydrogen) atoms. The Hall–Kier alpha value is -2.06. The number of methoxy groups -OCH3 is 1. The van der Waals surface area contributed by atoms with Crippen molar-refractivity contribution in [3.63, 3.8) is 0 Å². The molecule has 5 nitrogen and oxygen atoms in total. The first-order chi connectivity index (χ1) is 8.92. The molecule has 0 aliphatic heterocycles. The Bertz CT molecular complexity index is 550. The number of nitriles is 1. The average molecular weight is 262 g/mol. The van der Waals surface area contributed by atoms with Crippen molar-refractivity contribution < 1.29 is 14.6 Å². The fraction of sp³-hybridized carbons (Fsp3) is 0.429. The Balaban J connectivity index is 3.24. The van der Waals surface area contributed by atoms with Crippen LogP contribution in [0, 0.1) is 25.2 Å². The van der Waals surface area contributed by atoms with E-state index in [0.29, 0.717) is 6.61 Å². The van der Waals surface area contributed by atoms with Gasteiger partial charge in [0.2, 0.25) is 0 Å². The van der Waals surface area contributed by atoms with Crippen molar-refractivity contribution >= 4 is 12.0 Å². The highest BCUT2D eigenvalue weighted by Gasteiger charge is 2.15. The number of hydrogen-bond donors (Lipinski definition) is 1. The summed E-state index contributed by atoms with van der Waals surface area (Å²) in [6.07, 6.45) is 1.40. The monoisotopic (exact) mass is 262 g/mol. The summed E-state index contributed by atoms with van der Waals surface area (Å²) in [6.45, 7) is 6.45. The summed E-state index contributed by atoms with van der Waals surface area (Å²) in [4.78, 5) is 10.9. The minimum Gasteiger partial charge on any atom is -0.477 e. The van der Waals surface area contributed by atoms with E-state index in [0.717, 1.165) is 17.0 Å². The Kier molecular flexibility index (Phi) is 4.90. The standard InChI is InChI=1S/C14H18N2O3/c1-9-5-12(6-13(7-15)14(17)18)11(3)16(9)10(2)8-19-4/h5-6,10H,8H2,1-4H3,(H,17,18)/b13-6-/t10-/m1/s1. The van der Waals surface area contributed by atoms with Gasteiger partial charge in [0.1, 0.15) is 11.6 Å². The second-order valence-corrected chi connectivity index (χ2v) is 4.48. The van der Waals surface area contributed by atoms with Crippen LogP contribution in [-0.4, -0.2) is 29.4 Å². The smallest absolute Gasteiger partial charge is 0.346 e. The number of ether oxygens (including phenoxy) is 1. The maximum Gasteiger partial charge on any atom is 0.346 e. The Morgan fingerprint density at radius 3 is 2.74 bits per heavy atom. The van der Waals surface area contributed by atoms with E-state index in [4.69, 9.17) is 15.1 Å². The molecule has 0 saturated heterocycles. The van der Waals surface area contributed by atoms with E-state index in [1.54, 1.807) is 13.2 Å². The zero-order valence-electron chi connectivity index (χ0n) is 11.6. The third-order valence-corrected chi connectivity index (χ3v) is 3.02. The zero-order valence-corrected chi connectivity index (χ0v) is 11.6. The van der Waals surface area contributed by atoms with E-state index < -0.39 is 5.97 Å². The van der Waals surface area contributed by atoms with E-state index in [1.807, 2.05) is 26.8 Å². The number of aliphatic carboxylic acids is 1. The van der Waals surface area contributed by atoms with E-state index in [-0.39, 0.29) is 11.6 Å². The van der Waals surface area contributed by atoms with E-state index in [2.05, 4.69) is 4.57 Å². The molecule has 1 atom stereocenters. The largest absolute Gasteiger partial charge is 0.477 e. The molecule has 0 amide bonds. The van der Waals surface area contributed by atoms with Crippen LogP contribution in [0.5, 0.6) is 0 Å². The van der Waals surface area contributed by atoms with Crippen molar-refractivity contribution in [2.24, 2.45) is 0 Å². The maximum absolute atomic E-state index is 10.9. The van der Waals surface area contributed by atoms with Crippen LogP contribution in [0.25, 0.3) is 6.08 Å². The number of aryl methyl sites for hydroxylation is 1. The molecular weight excluding hydrogens is 244 g/mol. The van der Waals surface area contributed by atoms with Gasteiger partial charge in [0.15, 0.2) is 0 Å². The van der Waals surface area contributed by atoms with Gasteiger partial charge in [-0.05, 0) is 38.5 Å². The minimum absolute atomic E-state index is 0.155. The first-order valence-corrected chi connectivity index (χ1v) is 5.94. The highest BCUT2D eigenvalue weighted by atomic mass is 16.5. The van der Waals surface area contributed by atoms with Crippen LogP contribution >= 0.6 is 0 Å². The lowest BCUT2D eigenvalue weighted by atomic mass is 10.1. The molecule has 1 N–H and O–H groups in total. The molecule has 0 aliphatic carbocycles. The minimum atomic E-state index is -1.21. The molecule has 0 bridgehead atoms. The molecule has 0 unspecified atom stereocenters. The number of carbonyl (C=O) groups is 1. The van der Waals surface area contributed by atoms with Gasteiger partial charge in [-0.3, -0.25) is 0 Å². The summed E-state index contributed by atoms with van der Waals surface area (Å²) >= 11 is 0. The summed E-state index contributed by atoms with van der Waals surface area (Å²) in [5.74, 6) is -1.21. The molecule has 0 aliphatic rings. The zero-order chi connectivity index (χ0) is 14.6. The number of carboxylic acid groups (broad SMARTS) is 1. The quantitative estimate of drug-likeness (QED) is 0.652. The lowest BCUT2D eigenvalue weighted by Crippen LogP contribution is -2.13. The Morgan fingerprint density at radius 2 is 2.26 bits per heavy atom. The van der Waals surface area contributed by atoms with Gasteiger partial charge in [0, 0.05) is 18.5 Å². The van der Waals surface area contributed by atoms with Gasteiger partial charge in [0.05, 0.1) is 12.6 Å². The average Bonchev–Trinajstić information content (AvgIpc) is 2.61. The van der Waals surface area contributed by atoms with Crippen molar-refractivity contribution in [3.8, 4) is 6.07 Å². The van der Waals surface area contributed by atoms with Crippen LogP contribution in [0.3, 0.4) is 0 Å². The van der Waals surface area contributed by atoms with Gasteiger partial charge in [0.25, 0.3) is 0 Å². The molecule has 0 aromatic carbocycles. The molecule has 0 spiro atoms. The van der Waals surface area contributed by atoms with Crippen molar-refractivity contribution in [2.75, 3.05) is 13.7 Å². The highest BCUT2D eigenvalue weighted by molar-refractivity contribution is 5.96. The van der Waals surface area contributed by atoms with Crippen molar-refractivity contribution in [2.45, 2.75) is 26.8 Å². The lowest BCUT2D eigenvalue weighted by molar-refractivity contribution is -0.132. The van der Waals surface area contributed by atoms with Crippen LogP contribution < -0.4 is 0 Å². The number of rotatable bonds is 5. The molecule has 102 valence electrons. The van der Waals surface area contributed by atoms with Crippen LogP contribution in [-0.2, 0) is 9.53 Å². The van der Waals surface area contributed by atoms with Gasteiger partial charge >= 0.3 is 5.97 Å². The van der Waals surface area contributed by atoms with Crippen LogP contribution in [0.1, 0.15) is 29.9 Å². The number of nitrogens with zero attached hydrogens (tertiary/aromatic N) is 2. The van der Waals surface area contributed by atoms with Gasteiger partial charge in [-0.15, -0.1) is 0 Å². The van der Waals surface area contributed by atoms with Gasteiger partial charge in [-0.25, -0.2) is 4.79 Å². The van der Waals surface area contributed by atoms with Gasteiger partial charge in [-0.2, -0.15) is 5.26 Å². The normalized spacial score (nSPS) is 13.1. The molecular formula is C14H18N2O3. The Labute approximate surface area is 112 Å². The van der Waals surface area contributed by atoms with E-state index >= 15 is 0 Å². The fourth-order valence-corrected chi connectivity index (χ4v) is 2.24. The molecule has 0 fully saturated rings. The van der Waals surface area contributed by atoms with Crippen molar-refractivity contribution in [3.05, 3.63) is 28.6 Å². The van der Waals surface area contributed by atoms with Gasteiger partial charge < -0.3 is 14.4 Å². The van der Waals surface area contributed by atoms with E-state index in [1.165, 1.54) is 6.08 Å². The molecule has 0 saturated carbocycles. The first kappa shape index (κ1) is 15.0. The first-order valence-electron chi connectivity index (χ1n) is 5.94. The third kappa shape index (κ3) is 3.24. The number of hydrogen-bond acceptors (Lipinski definition) is 3. The predicted octanol–water partition coefficient (Wildman–Crippen LogP) is 2.30. The second kappa shape index (κ2) is 6.21. The molecule has 1 aromatic rings. The van der Waals surface area contributed by atoms with Crippen LogP contribution in [0.15, 0.2) is 11.6 Å².